The normalized spacial score (nSPS) is 16.8. The Kier molecular flexibility index (Phi) is 7.32. The van der Waals surface area contributed by atoms with Crippen molar-refractivity contribution >= 4 is 47.0 Å². The number of ether oxygens (including phenoxy) is 1. The third kappa shape index (κ3) is 5.19. The van der Waals surface area contributed by atoms with Gasteiger partial charge in [0.05, 0.1) is 29.5 Å². The maximum Gasteiger partial charge on any atom is 0.228 e. The summed E-state index contributed by atoms with van der Waals surface area (Å²) in [7, 11) is 1.77. The molecule has 2 fully saturated rings. The first-order chi connectivity index (χ1) is 17.1. The summed E-state index contributed by atoms with van der Waals surface area (Å²) in [6.45, 7) is 5.92. The van der Waals surface area contributed by atoms with Crippen molar-refractivity contribution in [3.63, 3.8) is 0 Å². The van der Waals surface area contributed by atoms with Crippen molar-refractivity contribution in [1.29, 1.82) is 0 Å². The summed E-state index contributed by atoms with van der Waals surface area (Å²) < 4.78 is 5.56. The highest BCUT2D eigenvalue weighted by Gasteiger charge is 2.26. The third-order valence-corrected chi connectivity index (χ3v) is 6.71. The molecule has 4 heterocycles. The Balaban J connectivity index is 1.54. The van der Waals surface area contributed by atoms with Crippen LogP contribution in [0.25, 0.3) is 11.3 Å². The number of rotatable bonds is 5. The van der Waals surface area contributed by atoms with Crippen LogP contribution in [0.2, 0.25) is 10.0 Å². The molecule has 0 N–H and O–H groups in total. The quantitative estimate of drug-likeness (QED) is 0.478. The third-order valence-electron chi connectivity index (χ3n) is 6.18. The van der Waals surface area contributed by atoms with Crippen molar-refractivity contribution in [2.75, 3.05) is 74.2 Å². The molecule has 0 atom stereocenters. The highest BCUT2D eigenvalue weighted by atomic mass is 35.5. The Bertz CT molecular complexity index is 1210. The van der Waals surface area contributed by atoms with Gasteiger partial charge in [-0.15, -0.1) is 0 Å². The highest BCUT2D eigenvalue weighted by Crippen LogP contribution is 2.33. The van der Waals surface area contributed by atoms with E-state index in [0.717, 1.165) is 67.7 Å². The number of aromatic nitrogens is 3. The second-order valence-corrected chi connectivity index (χ2v) is 9.23. The summed E-state index contributed by atoms with van der Waals surface area (Å²) in [6.07, 6.45) is 3.62. The molecule has 0 radical (unpaired) electrons. The second-order valence-electron chi connectivity index (χ2n) is 8.39. The predicted molar refractivity (Wildman–Crippen MR) is 143 cm³/mol. The number of halogens is 2. The molecule has 35 heavy (non-hydrogen) atoms. The van der Waals surface area contributed by atoms with Crippen molar-refractivity contribution in [3.05, 3.63) is 58.2 Å². The van der Waals surface area contributed by atoms with Gasteiger partial charge in [-0.05, 0) is 24.3 Å². The molecule has 182 valence electrons. The van der Waals surface area contributed by atoms with Gasteiger partial charge in [0.25, 0.3) is 0 Å². The molecule has 3 aromatic rings. The zero-order valence-electron chi connectivity index (χ0n) is 19.6. The van der Waals surface area contributed by atoms with Crippen LogP contribution in [0.3, 0.4) is 0 Å². The molecule has 5 rings (SSSR count). The fourth-order valence-corrected chi connectivity index (χ4v) is 4.87. The molecular formula is C25H27Cl2N7O. The number of pyridine rings is 1. The Morgan fingerprint density at radius 2 is 1.63 bits per heavy atom. The van der Waals surface area contributed by atoms with Gasteiger partial charge in [-0.3, -0.25) is 4.99 Å². The Morgan fingerprint density at radius 3 is 2.31 bits per heavy atom. The molecule has 2 aromatic heterocycles. The van der Waals surface area contributed by atoms with E-state index in [0.29, 0.717) is 29.2 Å². The molecule has 0 spiro atoms. The number of benzene rings is 1. The lowest BCUT2D eigenvalue weighted by molar-refractivity contribution is 0.122. The molecule has 0 amide bonds. The first-order valence-corrected chi connectivity index (χ1v) is 12.4. The first-order valence-electron chi connectivity index (χ1n) is 11.7. The lowest BCUT2D eigenvalue weighted by atomic mass is 10.1. The van der Waals surface area contributed by atoms with Gasteiger partial charge in [0.15, 0.2) is 0 Å². The molecule has 1 aromatic carbocycles. The molecule has 0 saturated carbocycles. The molecule has 10 heteroatoms. The number of anilines is 3. The van der Waals surface area contributed by atoms with Crippen LogP contribution < -0.4 is 14.7 Å². The predicted octanol–water partition coefficient (Wildman–Crippen LogP) is 4.06. The average Bonchev–Trinajstić information content (AvgIpc) is 2.90. The van der Waals surface area contributed by atoms with Crippen molar-refractivity contribution in [2.24, 2.45) is 4.99 Å². The summed E-state index contributed by atoms with van der Waals surface area (Å²) in [6, 6.07) is 11.5. The van der Waals surface area contributed by atoms with E-state index >= 15 is 0 Å². The topological polar surface area (TPSA) is 70.0 Å². The van der Waals surface area contributed by atoms with Gasteiger partial charge in [-0.2, -0.15) is 4.98 Å². The molecular weight excluding hydrogens is 485 g/mol. The minimum absolute atomic E-state index is 0.660. The van der Waals surface area contributed by atoms with Gasteiger partial charge in [0, 0.05) is 69.3 Å². The number of nitrogens with zero attached hydrogens (tertiary/aromatic N) is 7. The van der Waals surface area contributed by atoms with Crippen molar-refractivity contribution < 1.29 is 4.74 Å². The summed E-state index contributed by atoms with van der Waals surface area (Å²) >= 11 is 12.8. The molecule has 0 bridgehead atoms. The van der Waals surface area contributed by atoms with E-state index in [1.165, 1.54) is 0 Å². The minimum atomic E-state index is 0.660. The van der Waals surface area contributed by atoms with Gasteiger partial charge >= 0.3 is 0 Å². The van der Waals surface area contributed by atoms with E-state index in [2.05, 4.69) is 24.7 Å². The number of aliphatic imine (C=N–C) groups is 1. The molecule has 2 aliphatic heterocycles. The molecule has 8 nitrogen and oxygen atoms in total. The minimum Gasteiger partial charge on any atom is -0.378 e. The number of hydrogen-bond acceptors (Lipinski definition) is 8. The van der Waals surface area contributed by atoms with Crippen LogP contribution in [0.15, 0.2) is 47.6 Å². The summed E-state index contributed by atoms with van der Waals surface area (Å²) in [5.74, 6) is 2.39. The Morgan fingerprint density at radius 1 is 0.886 bits per heavy atom. The van der Waals surface area contributed by atoms with Crippen LogP contribution in [0.5, 0.6) is 0 Å². The molecule has 0 unspecified atom stereocenters. The van der Waals surface area contributed by atoms with Crippen LogP contribution in [0.4, 0.5) is 17.6 Å². The van der Waals surface area contributed by atoms with E-state index in [1.54, 1.807) is 13.2 Å². The van der Waals surface area contributed by atoms with E-state index in [1.807, 2.05) is 42.6 Å². The van der Waals surface area contributed by atoms with Crippen LogP contribution in [0.1, 0.15) is 5.56 Å². The van der Waals surface area contributed by atoms with Gasteiger partial charge in [0.2, 0.25) is 5.95 Å². The van der Waals surface area contributed by atoms with Gasteiger partial charge in [-0.25, -0.2) is 9.97 Å². The van der Waals surface area contributed by atoms with E-state index < -0.39 is 0 Å². The fraction of sp³-hybridized carbons (Fsp3) is 0.360. The van der Waals surface area contributed by atoms with Crippen molar-refractivity contribution in [2.45, 2.75) is 0 Å². The number of piperazine rings is 1. The molecule has 2 saturated heterocycles. The molecule has 0 aliphatic carbocycles. The average molecular weight is 512 g/mol. The standard InChI is InChI=1S/C25H27Cl2N7O/c1-28-17-20-22(18-4-2-5-19(26)16-18)30-25(34-12-14-35-15-13-34)31-23(20)32-8-10-33(11-9-32)24-21(27)6-3-7-29-24/h2-7,16-17H,8-15H2,1H3. The maximum absolute atomic E-state index is 6.40. The van der Waals surface area contributed by atoms with Crippen LogP contribution in [-0.2, 0) is 4.74 Å². The highest BCUT2D eigenvalue weighted by molar-refractivity contribution is 6.33. The van der Waals surface area contributed by atoms with Crippen molar-refractivity contribution in [3.8, 4) is 11.3 Å². The Hall–Kier alpha value is -2.94. The SMILES string of the molecule is CN=Cc1c(-c2cccc(Cl)c2)nc(N2CCOCC2)nc1N1CCN(c2ncccc2Cl)CC1. The number of hydrogen-bond donors (Lipinski definition) is 0. The van der Waals surface area contributed by atoms with Gasteiger partial charge in [-0.1, -0.05) is 35.3 Å². The summed E-state index contributed by atoms with van der Waals surface area (Å²) in [5, 5.41) is 1.33. The smallest absolute Gasteiger partial charge is 0.228 e. The lowest BCUT2D eigenvalue weighted by Crippen LogP contribution is -2.47. The fourth-order valence-electron chi connectivity index (χ4n) is 4.44. The number of morpholine rings is 1. The van der Waals surface area contributed by atoms with Gasteiger partial charge < -0.3 is 19.4 Å². The van der Waals surface area contributed by atoms with E-state index in [-0.39, 0.29) is 0 Å². The maximum atomic E-state index is 6.40. The van der Waals surface area contributed by atoms with Gasteiger partial charge in [0.1, 0.15) is 11.6 Å². The molecule has 2 aliphatic rings. The second kappa shape index (κ2) is 10.8. The summed E-state index contributed by atoms with van der Waals surface area (Å²) in [4.78, 5) is 25.6. The van der Waals surface area contributed by atoms with Crippen molar-refractivity contribution in [1.82, 2.24) is 15.0 Å². The zero-order chi connectivity index (χ0) is 24.2. The monoisotopic (exact) mass is 511 g/mol. The summed E-state index contributed by atoms with van der Waals surface area (Å²) in [5.41, 5.74) is 2.64. The largest absolute Gasteiger partial charge is 0.378 e. The van der Waals surface area contributed by atoms with Crippen LogP contribution >= 0.6 is 23.2 Å². The van der Waals surface area contributed by atoms with Crippen LogP contribution in [0, 0.1) is 0 Å². The first kappa shape index (κ1) is 23.8. The van der Waals surface area contributed by atoms with E-state index in [4.69, 9.17) is 37.9 Å². The zero-order valence-corrected chi connectivity index (χ0v) is 21.1. The lowest BCUT2D eigenvalue weighted by Gasteiger charge is -2.37. The Labute approximate surface area is 215 Å². The van der Waals surface area contributed by atoms with E-state index in [9.17, 15) is 0 Å². The van der Waals surface area contributed by atoms with Crippen LogP contribution in [-0.4, -0.2) is 80.7 Å².